The number of carbonyl (C=O) groups is 1. The molecule has 1 amide bonds. The van der Waals surface area contributed by atoms with Crippen LogP contribution in [0.15, 0.2) is 24.3 Å². The summed E-state index contributed by atoms with van der Waals surface area (Å²) < 4.78 is 0. The zero-order valence-corrected chi connectivity index (χ0v) is 10.9. The van der Waals surface area contributed by atoms with Gasteiger partial charge in [-0.1, -0.05) is 29.8 Å². The van der Waals surface area contributed by atoms with Crippen molar-refractivity contribution in [2.24, 2.45) is 5.73 Å². The van der Waals surface area contributed by atoms with Crippen LogP contribution in [-0.2, 0) is 4.79 Å². The summed E-state index contributed by atoms with van der Waals surface area (Å²) in [6, 6.07) is 8.87. The van der Waals surface area contributed by atoms with Gasteiger partial charge in [-0.25, -0.2) is 0 Å². The molecule has 0 bridgehead atoms. The maximum absolute atomic E-state index is 11.1. The average Bonchev–Trinajstić information content (AvgIpc) is 2.30. The van der Waals surface area contributed by atoms with E-state index in [9.17, 15) is 4.79 Å². The van der Waals surface area contributed by atoms with Crippen molar-refractivity contribution in [2.75, 3.05) is 24.6 Å². The summed E-state index contributed by atoms with van der Waals surface area (Å²) in [4.78, 5) is 13.3. The highest BCUT2D eigenvalue weighted by atomic mass is 32.2. The number of benzene rings is 1. The quantitative estimate of drug-likeness (QED) is 0.885. The minimum Gasteiger partial charge on any atom is -0.369 e. The normalized spacial score (nSPS) is 21.4. The van der Waals surface area contributed by atoms with Crippen LogP contribution in [0.3, 0.4) is 0 Å². The van der Waals surface area contributed by atoms with E-state index in [0.29, 0.717) is 12.6 Å². The highest BCUT2D eigenvalue weighted by Gasteiger charge is 2.25. The van der Waals surface area contributed by atoms with Gasteiger partial charge in [0.2, 0.25) is 5.91 Å². The van der Waals surface area contributed by atoms with Gasteiger partial charge in [0.05, 0.1) is 6.54 Å². The second-order valence-electron chi connectivity index (χ2n) is 4.44. The van der Waals surface area contributed by atoms with Crippen molar-refractivity contribution in [1.82, 2.24) is 4.90 Å². The molecule has 1 aromatic carbocycles. The Balaban J connectivity index is 2.15. The molecular formula is C13H18N2OS. The Morgan fingerprint density at radius 2 is 2.18 bits per heavy atom. The first-order valence-corrected chi connectivity index (χ1v) is 6.99. The number of nitrogens with zero attached hydrogens (tertiary/aromatic N) is 1. The van der Waals surface area contributed by atoms with Gasteiger partial charge in [-0.05, 0) is 12.5 Å². The van der Waals surface area contributed by atoms with Crippen molar-refractivity contribution >= 4 is 17.7 Å². The molecule has 0 spiro atoms. The van der Waals surface area contributed by atoms with Gasteiger partial charge in [0.1, 0.15) is 0 Å². The van der Waals surface area contributed by atoms with Crippen LogP contribution < -0.4 is 5.73 Å². The molecule has 1 fully saturated rings. The highest BCUT2D eigenvalue weighted by Crippen LogP contribution is 2.29. The number of hydrogen-bond donors (Lipinski definition) is 1. The first-order valence-electron chi connectivity index (χ1n) is 5.83. The van der Waals surface area contributed by atoms with E-state index in [1.165, 1.54) is 11.1 Å². The number of nitrogens with two attached hydrogens (primary N) is 1. The highest BCUT2D eigenvalue weighted by molar-refractivity contribution is 7.99. The molecule has 1 saturated heterocycles. The van der Waals surface area contributed by atoms with Crippen molar-refractivity contribution in [3.63, 3.8) is 0 Å². The van der Waals surface area contributed by atoms with Crippen LogP contribution >= 0.6 is 11.8 Å². The van der Waals surface area contributed by atoms with Crippen LogP contribution in [0, 0.1) is 6.92 Å². The standard InChI is InChI=1S/C13H18N2OS/c1-10-2-4-11(5-3-10)12-9-17-7-6-15(12)8-13(14)16/h2-5,12H,6-9H2,1H3,(H2,14,16)/t12-/m1/s1. The lowest BCUT2D eigenvalue weighted by Gasteiger charge is -2.34. The van der Waals surface area contributed by atoms with Crippen LogP contribution in [0.5, 0.6) is 0 Å². The molecule has 4 heteroatoms. The molecule has 0 aromatic heterocycles. The Bertz CT molecular complexity index is 391. The third-order valence-electron chi connectivity index (χ3n) is 3.06. The van der Waals surface area contributed by atoms with Crippen LogP contribution in [0.4, 0.5) is 0 Å². The molecule has 2 N–H and O–H groups in total. The van der Waals surface area contributed by atoms with E-state index >= 15 is 0 Å². The molecule has 0 saturated carbocycles. The predicted octanol–water partition coefficient (Wildman–Crippen LogP) is 1.57. The van der Waals surface area contributed by atoms with E-state index in [1.807, 2.05) is 11.8 Å². The van der Waals surface area contributed by atoms with Crippen molar-refractivity contribution in [3.8, 4) is 0 Å². The van der Waals surface area contributed by atoms with Crippen LogP contribution in [-0.4, -0.2) is 35.4 Å². The number of aryl methyl sites for hydroxylation is 1. The van der Waals surface area contributed by atoms with Crippen LogP contribution in [0.2, 0.25) is 0 Å². The molecule has 0 aliphatic carbocycles. The summed E-state index contributed by atoms with van der Waals surface area (Å²) in [7, 11) is 0. The van der Waals surface area contributed by atoms with E-state index in [4.69, 9.17) is 5.73 Å². The van der Waals surface area contributed by atoms with Crippen LogP contribution in [0.25, 0.3) is 0 Å². The average molecular weight is 250 g/mol. The van der Waals surface area contributed by atoms with Crippen molar-refractivity contribution in [3.05, 3.63) is 35.4 Å². The van der Waals surface area contributed by atoms with Crippen molar-refractivity contribution in [1.29, 1.82) is 0 Å². The smallest absolute Gasteiger partial charge is 0.231 e. The van der Waals surface area contributed by atoms with Crippen molar-refractivity contribution in [2.45, 2.75) is 13.0 Å². The molecule has 17 heavy (non-hydrogen) atoms. The Labute approximate surface area is 106 Å². The minimum atomic E-state index is -0.242. The largest absolute Gasteiger partial charge is 0.369 e. The van der Waals surface area contributed by atoms with Gasteiger partial charge in [-0.15, -0.1) is 0 Å². The van der Waals surface area contributed by atoms with Crippen molar-refractivity contribution < 1.29 is 4.79 Å². The van der Waals surface area contributed by atoms with Gasteiger partial charge in [0.15, 0.2) is 0 Å². The second kappa shape index (κ2) is 5.56. The summed E-state index contributed by atoms with van der Waals surface area (Å²) in [6.45, 7) is 3.38. The molecule has 1 heterocycles. The minimum absolute atomic E-state index is 0.242. The fourth-order valence-electron chi connectivity index (χ4n) is 2.12. The zero-order valence-electron chi connectivity index (χ0n) is 10.1. The maximum Gasteiger partial charge on any atom is 0.231 e. The summed E-state index contributed by atoms with van der Waals surface area (Å²) in [5.74, 6) is 1.88. The monoisotopic (exact) mass is 250 g/mol. The third-order valence-corrected chi connectivity index (χ3v) is 4.08. The molecule has 1 aliphatic rings. The molecule has 1 aromatic rings. The SMILES string of the molecule is Cc1ccc([C@H]2CSCCN2CC(N)=O)cc1. The van der Waals surface area contributed by atoms with Gasteiger partial charge in [-0.2, -0.15) is 11.8 Å². The molecule has 3 nitrogen and oxygen atoms in total. The van der Waals surface area contributed by atoms with Gasteiger partial charge in [0.25, 0.3) is 0 Å². The number of rotatable bonds is 3. The van der Waals surface area contributed by atoms with Gasteiger partial charge in [-0.3, -0.25) is 9.69 Å². The van der Waals surface area contributed by atoms with E-state index in [1.54, 1.807) is 0 Å². The lowest BCUT2D eigenvalue weighted by molar-refractivity contribution is -0.119. The van der Waals surface area contributed by atoms with E-state index in [-0.39, 0.29) is 5.91 Å². The van der Waals surface area contributed by atoms with E-state index in [2.05, 4.69) is 36.1 Å². The topological polar surface area (TPSA) is 46.3 Å². The maximum atomic E-state index is 11.1. The number of carbonyl (C=O) groups excluding carboxylic acids is 1. The second-order valence-corrected chi connectivity index (χ2v) is 5.59. The molecule has 1 atom stereocenters. The third kappa shape index (κ3) is 3.23. The number of thioether (sulfide) groups is 1. The summed E-state index contributed by atoms with van der Waals surface area (Å²) in [5.41, 5.74) is 7.84. The van der Waals surface area contributed by atoms with Crippen LogP contribution in [0.1, 0.15) is 17.2 Å². The first kappa shape index (κ1) is 12.5. The molecule has 0 unspecified atom stereocenters. The number of primary amides is 1. The summed E-state index contributed by atoms with van der Waals surface area (Å²) in [6.07, 6.45) is 0. The van der Waals surface area contributed by atoms with E-state index < -0.39 is 0 Å². The van der Waals surface area contributed by atoms with Gasteiger partial charge >= 0.3 is 0 Å². The fourth-order valence-corrected chi connectivity index (χ4v) is 3.28. The lowest BCUT2D eigenvalue weighted by atomic mass is 10.0. The van der Waals surface area contributed by atoms with Gasteiger partial charge in [0, 0.05) is 24.1 Å². The predicted molar refractivity (Wildman–Crippen MR) is 72.0 cm³/mol. The Hall–Kier alpha value is -1.00. The molecule has 92 valence electrons. The zero-order chi connectivity index (χ0) is 12.3. The molecular weight excluding hydrogens is 232 g/mol. The number of amides is 1. The molecule has 2 rings (SSSR count). The first-order chi connectivity index (χ1) is 8.16. The Morgan fingerprint density at radius 3 is 2.82 bits per heavy atom. The number of hydrogen-bond acceptors (Lipinski definition) is 3. The Morgan fingerprint density at radius 1 is 1.47 bits per heavy atom. The molecule has 1 aliphatic heterocycles. The summed E-state index contributed by atoms with van der Waals surface area (Å²) >= 11 is 1.94. The lowest BCUT2D eigenvalue weighted by Crippen LogP contribution is -2.41. The fraction of sp³-hybridized carbons (Fsp3) is 0.462. The van der Waals surface area contributed by atoms with Gasteiger partial charge < -0.3 is 5.73 Å². The molecule has 0 radical (unpaired) electrons. The summed E-state index contributed by atoms with van der Waals surface area (Å²) in [5, 5.41) is 0. The Kier molecular flexibility index (Phi) is 4.07. The van der Waals surface area contributed by atoms with E-state index in [0.717, 1.165) is 18.1 Å².